The summed E-state index contributed by atoms with van der Waals surface area (Å²) in [6, 6.07) is 2.80. The van der Waals surface area contributed by atoms with Gasteiger partial charge in [-0.05, 0) is 24.7 Å². The van der Waals surface area contributed by atoms with Crippen LogP contribution in [0.25, 0.3) is 0 Å². The van der Waals surface area contributed by atoms with Crippen molar-refractivity contribution < 1.29 is 23.9 Å². The molecular formula is C14H19NO6S. The van der Waals surface area contributed by atoms with E-state index in [9.17, 15) is 14.9 Å². The fraction of sp³-hybridized carbons (Fsp3) is 0.500. The molecule has 0 fully saturated rings. The summed E-state index contributed by atoms with van der Waals surface area (Å²) in [5.74, 6) is 0.890. The average Bonchev–Trinajstić information content (AvgIpc) is 2.52. The number of nitro benzene ring substituents is 1. The minimum Gasteiger partial charge on any atom is -0.493 e. The third-order valence-electron chi connectivity index (χ3n) is 2.95. The Balaban J connectivity index is 2.84. The summed E-state index contributed by atoms with van der Waals surface area (Å²) in [5.41, 5.74) is 0.287. The highest BCUT2D eigenvalue weighted by Gasteiger charge is 2.20. The number of aryl methyl sites for hydroxylation is 1. The lowest BCUT2D eigenvalue weighted by atomic mass is 10.1. The summed E-state index contributed by atoms with van der Waals surface area (Å²) in [6.07, 6.45) is 0.921. The lowest BCUT2D eigenvalue weighted by Gasteiger charge is -2.10. The van der Waals surface area contributed by atoms with Gasteiger partial charge < -0.3 is 14.2 Å². The molecule has 0 aliphatic carbocycles. The average molecular weight is 329 g/mol. The van der Waals surface area contributed by atoms with Crippen LogP contribution in [0.15, 0.2) is 12.1 Å². The number of nitro groups is 1. The van der Waals surface area contributed by atoms with Gasteiger partial charge in [0.15, 0.2) is 11.5 Å². The van der Waals surface area contributed by atoms with Crippen molar-refractivity contribution in [1.29, 1.82) is 0 Å². The van der Waals surface area contributed by atoms with Crippen LogP contribution >= 0.6 is 12.6 Å². The highest BCUT2D eigenvalue weighted by Crippen LogP contribution is 2.35. The summed E-state index contributed by atoms with van der Waals surface area (Å²) in [4.78, 5) is 22.2. The second-order valence-electron chi connectivity index (χ2n) is 4.39. The highest BCUT2D eigenvalue weighted by atomic mass is 32.1. The van der Waals surface area contributed by atoms with Crippen molar-refractivity contribution in [2.75, 3.05) is 26.6 Å². The molecule has 7 nitrogen and oxygen atoms in total. The topological polar surface area (TPSA) is 87.9 Å². The van der Waals surface area contributed by atoms with E-state index in [1.54, 1.807) is 0 Å². The fourth-order valence-electron chi connectivity index (χ4n) is 1.84. The first-order valence-corrected chi connectivity index (χ1v) is 7.32. The van der Waals surface area contributed by atoms with Gasteiger partial charge >= 0.3 is 5.97 Å². The standard InChI is InChI=1S/C14H19NO6S/c1-19-12-8-10(4-5-14(16)21-6-3-7-22)11(15(17)18)9-13(12)20-2/h8-9,22H,3-7H2,1-2H3. The Bertz CT molecular complexity index is 534. The number of esters is 1. The zero-order valence-corrected chi connectivity index (χ0v) is 13.4. The maximum Gasteiger partial charge on any atom is 0.306 e. The van der Waals surface area contributed by atoms with E-state index < -0.39 is 10.9 Å². The van der Waals surface area contributed by atoms with Gasteiger partial charge in [-0.15, -0.1) is 0 Å². The van der Waals surface area contributed by atoms with Gasteiger partial charge in [0.05, 0.1) is 31.8 Å². The molecule has 0 saturated heterocycles. The molecule has 0 amide bonds. The van der Waals surface area contributed by atoms with Crippen LogP contribution in [0.2, 0.25) is 0 Å². The van der Waals surface area contributed by atoms with E-state index in [0.29, 0.717) is 30.1 Å². The molecule has 0 N–H and O–H groups in total. The summed E-state index contributed by atoms with van der Waals surface area (Å²) in [5, 5.41) is 11.1. The molecule has 0 bridgehead atoms. The molecule has 8 heteroatoms. The van der Waals surface area contributed by atoms with Gasteiger partial charge in [0.1, 0.15) is 0 Å². The van der Waals surface area contributed by atoms with E-state index in [4.69, 9.17) is 14.2 Å². The van der Waals surface area contributed by atoms with Crippen LogP contribution in [-0.2, 0) is 16.0 Å². The van der Waals surface area contributed by atoms with Crippen molar-refractivity contribution in [3.63, 3.8) is 0 Å². The number of rotatable bonds is 9. The highest BCUT2D eigenvalue weighted by molar-refractivity contribution is 7.80. The molecule has 0 atom stereocenters. The molecule has 0 radical (unpaired) electrons. The van der Waals surface area contributed by atoms with Gasteiger partial charge in [0.25, 0.3) is 5.69 Å². The number of carbonyl (C=O) groups is 1. The van der Waals surface area contributed by atoms with E-state index in [1.165, 1.54) is 26.4 Å². The number of hydrogen-bond acceptors (Lipinski definition) is 7. The van der Waals surface area contributed by atoms with E-state index in [0.717, 1.165) is 0 Å². The Morgan fingerprint density at radius 1 is 1.27 bits per heavy atom. The SMILES string of the molecule is COc1cc(CCC(=O)OCCCS)c([N+](=O)[O-])cc1OC. The van der Waals surface area contributed by atoms with Crippen LogP contribution in [0.4, 0.5) is 5.69 Å². The van der Waals surface area contributed by atoms with Crippen LogP contribution in [0.3, 0.4) is 0 Å². The second-order valence-corrected chi connectivity index (χ2v) is 4.84. The molecule has 122 valence electrons. The van der Waals surface area contributed by atoms with Gasteiger partial charge in [-0.2, -0.15) is 12.6 Å². The Kier molecular flexibility index (Phi) is 7.51. The number of ether oxygens (including phenoxy) is 3. The number of methoxy groups -OCH3 is 2. The van der Waals surface area contributed by atoms with Gasteiger partial charge in [-0.3, -0.25) is 14.9 Å². The molecule has 0 aromatic heterocycles. The first-order valence-electron chi connectivity index (χ1n) is 6.69. The number of thiol groups is 1. The molecule has 1 aromatic carbocycles. The van der Waals surface area contributed by atoms with E-state index >= 15 is 0 Å². The summed E-state index contributed by atoms with van der Waals surface area (Å²) >= 11 is 4.02. The number of hydrogen-bond donors (Lipinski definition) is 1. The summed E-state index contributed by atoms with van der Waals surface area (Å²) in [7, 11) is 2.85. The van der Waals surface area contributed by atoms with Crippen LogP contribution in [-0.4, -0.2) is 37.5 Å². The van der Waals surface area contributed by atoms with Crippen LogP contribution in [0.1, 0.15) is 18.4 Å². The van der Waals surface area contributed by atoms with Crippen LogP contribution in [0.5, 0.6) is 11.5 Å². The van der Waals surface area contributed by atoms with Gasteiger partial charge in [0, 0.05) is 12.0 Å². The lowest BCUT2D eigenvalue weighted by Crippen LogP contribution is -2.08. The molecular weight excluding hydrogens is 310 g/mol. The van der Waals surface area contributed by atoms with Gasteiger partial charge in [-0.1, -0.05) is 0 Å². The van der Waals surface area contributed by atoms with Crippen molar-refractivity contribution in [1.82, 2.24) is 0 Å². The molecule has 0 spiro atoms. The predicted molar refractivity (Wildman–Crippen MR) is 84.0 cm³/mol. The zero-order valence-electron chi connectivity index (χ0n) is 12.5. The lowest BCUT2D eigenvalue weighted by molar-refractivity contribution is -0.385. The third kappa shape index (κ3) is 5.10. The van der Waals surface area contributed by atoms with Crippen molar-refractivity contribution in [3.8, 4) is 11.5 Å². The number of carbonyl (C=O) groups excluding carboxylic acids is 1. The minimum atomic E-state index is -0.510. The maximum absolute atomic E-state index is 11.6. The van der Waals surface area contributed by atoms with Gasteiger partial charge in [-0.25, -0.2) is 0 Å². The smallest absolute Gasteiger partial charge is 0.306 e. The fourth-order valence-corrected chi connectivity index (χ4v) is 1.97. The molecule has 0 aliphatic rings. The first kappa shape index (κ1) is 18.1. The van der Waals surface area contributed by atoms with Crippen molar-refractivity contribution >= 4 is 24.3 Å². The van der Waals surface area contributed by atoms with E-state index in [-0.39, 0.29) is 24.3 Å². The Morgan fingerprint density at radius 3 is 2.45 bits per heavy atom. The van der Waals surface area contributed by atoms with Crippen molar-refractivity contribution in [3.05, 3.63) is 27.8 Å². The normalized spacial score (nSPS) is 10.1. The summed E-state index contributed by atoms with van der Waals surface area (Å²) in [6.45, 7) is 0.302. The second kappa shape index (κ2) is 9.14. The summed E-state index contributed by atoms with van der Waals surface area (Å²) < 4.78 is 15.2. The van der Waals surface area contributed by atoms with Crippen molar-refractivity contribution in [2.24, 2.45) is 0 Å². The molecule has 0 heterocycles. The Hall–Kier alpha value is -1.96. The van der Waals surface area contributed by atoms with Crippen LogP contribution < -0.4 is 9.47 Å². The molecule has 0 aliphatic heterocycles. The minimum absolute atomic E-state index is 0.0584. The molecule has 0 unspecified atom stereocenters. The number of benzene rings is 1. The third-order valence-corrected chi connectivity index (χ3v) is 3.26. The van der Waals surface area contributed by atoms with Crippen LogP contribution in [0, 0.1) is 10.1 Å². The van der Waals surface area contributed by atoms with E-state index in [1.807, 2.05) is 0 Å². The van der Waals surface area contributed by atoms with E-state index in [2.05, 4.69) is 12.6 Å². The maximum atomic E-state index is 11.6. The monoisotopic (exact) mass is 329 g/mol. The molecule has 0 saturated carbocycles. The molecule has 1 aromatic rings. The largest absolute Gasteiger partial charge is 0.493 e. The first-order chi connectivity index (χ1) is 10.5. The Labute approximate surface area is 134 Å². The zero-order chi connectivity index (χ0) is 16.5. The number of nitrogens with zero attached hydrogens (tertiary/aromatic N) is 1. The van der Waals surface area contributed by atoms with Gasteiger partial charge in [0.2, 0.25) is 0 Å². The molecule has 1 rings (SSSR count). The predicted octanol–water partition coefficient (Wildman–Crippen LogP) is 2.41. The quantitative estimate of drug-likeness (QED) is 0.246. The molecule has 22 heavy (non-hydrogen) atoms. The van der Waals surface area contributed by atoms with Crippen molar-refractivity contribution in [2.45, 2.75) is 19.3 Å². The Morgan fingerprint density at radius 2 is 1.91 bits per heavy atom.